The standard InChI is InChI=1S/C16H28N4/c1-15(2)8-12-13(16(3,4)10-15)14(19-18-12)20-7-5-6-11(17)9-20/h11H,5-10,17H2,1-4H3,(H,18,19). The lowest BCUT2D eigenvalue weighted by Crippen LogP contribution is -2.44. The summed E-state index contributed by atoms with van der Waals surface area (Å²) in [5.41, 5.74) is 9.44. The number of nitrogens with two attached hydrogens (primary N) is 1. The van der Waals surface area contributed by atoms with E-state index in [0.717, 1.165) is 31.7 Å². The first-order valence-electron chi connectivity index (χ1n) is 7.87. The Kier molecular flexibility index (Phi) is 3.12. The molecular weight excluding hydrogens is 248 g/mol. The van der Waals surface area contributed by atoms with Gasteiger partial charge in [-0.2, -0.15) is 5.10 Å². The van der Waals surface area contributed by atoms with Crippen LogP contribution in [0.2, 0.25) is 0 Å². The van der Waals surface area contributed by atoms with Crippen molar-refractivity contribution < 1.29 is 0 Å². The molecule has 0 amide bonds. The number of aromatic nitrogens is 2. The van der Waals surface area contributed by atoms with Crippen LogP contribution in [0.15, 0.2) is 0 Å². The molecule has 1 fully saturated rings. The number of rotatable bonds is 1. The van der Waals surface area contributed by atoms with Crippen molar-refractivity contribution in [2.75, 3.05) is 18.0 Å². The molecule has 3 N–H and O–H groups in total. The van der Waals surface area contributed by atoms with E-state index in [1.165, 1.54) is 24.1 Å². The first kappa shape index (κ1) is 13.9. The van der Waals surface area contributed by atoms with E-state index in [9.17, 15) is 0 Å². The van der Waals surface area contributed by atoms with E-state index in [4.69, 9.17) is 5.73 Å². The Labute approximate surface area is 122 Å². The van der Waals surface area contributed by atoms with Gasteiger partial charge in [-0.25, -0.2) is 0 Å². The number of piperidine rings is 1. The van der Waals surface area contributed by atoms with Gasteiger partial charge in [-0.05, 0) is 36.5 Å². The second kappa shape index (κ2) is 4.48. The summed E-state index contributed by atoms with van der Waals surface area (Å²) < 4.78 is 0. The molecule has 1 unspecified atom stereocenters. The van der Waals surface area contributed by atoms with Gasteiger partial charge in [0.05, 0.1) is 0 Å². The molecule has 0 radical (unpaired) electrons. The van der Waals surface area contributed by atoms with E-state index >= 15 is 0 Å². The van der Waals surface area contributed by atoms with Gasteiger partial charge in [0.1, 0.15) is 0 Å². The van der Waals surface area contributed by atoms with Crippen LogP contribution in [0.4, 0.5) is 5.82 Å². The molecule has 0 aromatic carbocycles. The number of aromatic amines is 1. The lowest BCUT2D eigenvalue weighted by Gasteiger charge is -2.42. The summed E-state index contributed by atoms with van der Waals surface area (Å²) in [5, 5.41) is 7.98. The molecule has 1 atom stereocenters. The average molecular weight is 276 g/mol. The number of nitrogens with zero attached hydrogens (tertiary/aromatic N) is 2. The summed E-state index contributed by atoms with van der Waals surface area (Å²) in [5.74, 6) is 1.16. The van der Waals surface area contributed by atoms with Crippen molar-refractivity contribution in [2.45, 2.75) is 64.8 Å². The van der Waals surface area contributed by atoms with Gasteiger partial charge in [0.15, 0.2) is 5.82 Å². The summed E-state index contributed by atoms with van der Waals surface area (Å²) in [4.78, 5) is 2.39. The lowest BCUT2D eigenvalue weighted by molar-refractivity contribution is 0.229. The number of hydrogen-bond donors (Lipinski definition) is 2. The van der Waals surface area contributed by atoms with E-state index in [0.29, 0.717) is 11.5 Å². The molecule has 2 aliphatic rings. The third-order valence-corrected chi connectivity index (χ3v) is 4.83. The summed E-state index contributed by atoms with van der Waals surface area (Å²) in [6.45, 7) is 11.5. The van der Waals surface area contributed by atoms with Gasteiger partial charge in [0.25, 0.3) is 0 Å². The maximum absolute atomic E-state index is 6.14. The van der Waals surface area contributed by atoms with Crippen LogP contribution in [0.5, 0.6) is 0 Å². The van der Waals surface area contributed by atoms with E-state index in [-0.39, 0.29) is 5.41 Å². The topological polar surface area (TPSA) is 57.9 Å². The molecule has 0 saturated carbocycles. The first-order valence-corrected chi connectivity index (χ1v) is 7.87. The molecule has 20 heavy (non-hydrogen) atoms. The lowest BCUT2D eigenvalue weighted by atomic mass is 9.64. The van der Waals surface area contributed by atoms with Gasteiger partial charge in [-0.3, -0.25) is 5.10 Å². The zero-order chi connectivity index (χ0) is 14.5. The maximum Gasteiger partial charge on any atom is 0.154 e. The zero-order valence-corrected chi connectivity index (χ0v) is 13.3. The maximum atomic E-state index is 6.14. The summed E-state index contributed by atoms with van der Waals surface area (Å²) in [6.07, 6.45) is 4.62. The van der Waals surface area contributed by atoms with Crippen LogP contribution >= 0.6 is 0 Å². The highest BCUT2D eigenvalue weighted by atomic mass is 15.3. The van der Waals surface area contributed by atoms with Crippen LogP contribution in [-0.2, 0) is 11.8 Å². The molecule has 2 heterocycles. The molecule has 4 nitrogen and oxygen atoms in total. The zero-order valence-electron chi connectivity index (χ0n) is 13.3. The van der Waals surface area contributed by atoms with Crippen LogP contribution in [0.1, 0.15) is 58.2 Å². The first-order chi connectivity index (χ1) is 9.28. The highest BCUT2D eigenvalue weighted by Crippen LogP contribution is 2.48. The normalized spacial score (nSPS) is 28.2. The molecule has 1 aromatic heterocycles. The molecule has 1 aliphatic carbocycles. The Balaban J connectivity index is 1.98. The molecule has 112 valence electrons. The third-order valence-electron chi connectivity index (χ3n) is 4.83. The van der Waals surface area contributed by atoms with Gasteiger partial charge >= 0.3 is 0 Å². The second-order valence-corrected chi connectivity index (χ2v) is 8.15. The van der Waals surface area contributed by atoms with Crippen molar-refractivity contribution >= 4 is 5.82 Å². The van der Waals surface area contributed by atoms with Crippen molar-refractivity contribution in [3.8, 4) is 0 Å². The van der Waals surface area contributed by atoms with Crippen molar-refractivity contribution in [1.82, 2.24) is 10.2 Å². The monoisotopic (exact) mass is 276 g/mol. The quantitative estimate of drug-likeness (QED) is 0.829. The highest BCUT2D eigenvalue weighted by molar-refractivity contribution is 5.55. The summed E-state index contributed by atoms with van der Waals surface area (Å²) in [7, 11) is 0. The Bertz CT molecular complexity index is 501. The SMILES string of the molecule is CC1(C)Cc2[nH]nc(N3CCCC(N)C3)c2C(C)(C)C1. The van der Waals surface area contributed by atoms with Gasteiger partial charge in [0, 0.05) is 30.4 Å². The van der Waals surface area contributed by atoms with Crippen LogP contribution < -0.4 is 10.6 Å². The minimum Gasteiger partial charge on any atom is -0.353 e. The largest absolute Gasteiger partial charge is 0.353 e. The molecule has 0 spiro atoms. The summed E-state index contributed by atoms with van der Waals surface area (Å²) >= 11 is 0. The van der Waals surface area contributed by atoms with Gasteiger partial charge in [0.2, 0.25) is 0 Å². The minimum atomic E-state index is 0.182. The molecule has 1 aromatic rings. The smallest absolute Gasteiger partial charge is 0.154 e. The molecule has 0 bridgehead atoms. The fourth-order valence-electron chi connectivity index (χ4n) is 4.46. The second-order valence-electron chi connectivity index (χ2n) is 8.15. The molecule has 3 rings (SSSR count). The Morgan fingerprint density at radius 2 is 2.05 bits per heavy atom. The van der Waals surface area contributed by atoms with Gasteiger partial charge in [-0.15, -0.1) is 0 Å². The van der Waals surface area contributed by atoms with Crippen molar-refractivity contribution in [1.29, 1.82) is 0 Å². The van der Waals surface area contributed by atoms with Crippen molar-refractivity contribution in [3.63, 3.8) is 0 Å². The predicted molar refractivity (Wildman–Crippen MR) is 83.1 cm³/mol. The predicted octanol–water partition coefficient (Wildman–Crippen LogP) is 2.59. The third kappa shape index (κ3) is 2.34. The van der Waals surface area contributed by atoms with Gasteiger partial charge < -0.3 is 10.6 Å². The Morgan fingerprint density at radius 3 is 2.75 bits per heavy atom. The number of hydrogen-bond acceptors (Lipinski definition) is 3. The Hall–Kier alpha value is -1.03. The number of nitrogens with one attached hydrogen (secondary N) is 1. The minimum absolute atomic E-state index is 0.182. The molecule has 4 heteroatoms. The highest BCUT2D eigenvalue weighted by Gasteiger charge is 2.41. The van der Waals surface area contributed by atoms with E-state index in [1.54, 1.807) is 0 Å². The van der Waals surface area contributed by atoms with E-state index in [2.05, 4.69) is 42.8 Å². The summed E-state index contributed by atoms with van der Waals surface area (Å²) in [6, 6.07) is 0.291. The number of anilines is 1. The fourth-order valence-corrected chi connectivity index (χ4v) is 4.46. The average Bonchev–Trinajstić information content (AvgIpc) is 2.70. The molecular formula is C16H28N4. The van der Waals surface area contributed by atoms with Crippen LogP contribution in [-0.4, -0.2) is 29.3 Å². The fraction of sp³-hybridized carbons (Fsp3) is 0.812. The van der Waals surface area contributed by atoms with Crippen LogP contribution in [0.25, 0.3) is 0 Å². The van der Waals surface area contributed by atoms with E-state index in [1.807, 2.05) is 0 Å². The van der Waals surface area contributed by atoms with Gasteiger partial charge in [-0.1, -0.05) is 27.7 Å². The van der Waals surface area contributed by atoms with Crippen molar-refractivity contribution in [3.05, 3.63) is 11.3 Å². The van der Waals surface area contributed by atoms with Crippen LogP contribution in [0, 0.1) is 5.41 Å². The molecule has 1 aliphatic heterocycles. The Morgan fingerprint density at radius 1 is 1.30 bits per heavy atom. The van der Waals surface area contributed by atoms with E-state index < -0.39 is 0 Å². The van der Waals surface area contributed by atoms with Crippen molar-refractivity contribution in [2.24, 2.45) is 11.1 Å². The number of fused-ring (bicyclic) bond motifs is 1. The number of H-pyrrole nitrogens is 1. The van der Waals surface area contributed by atoms with Crippen LogP contribution in [0.3, 0.4) is 0 Å². The molecule has 1 saturated heterocycles.